The van der Waals surface area contributed by atoms with E-state index in [4.69, 9.17) is 9.90 Å². The summed E-state index contributed by atoms with van der Waals surface area (Å²) in [5.41, 5.74) is 3.65. The zero-order chi connectivity index (χ0) is 32.9. The number of aromatic nitrogens is 2. The van der Waals surface area contributed by atoms with Gasteiger partial charge in [0.15, 0.2) is 11.8 Å². The van der Waals surface area contributed by atoms with Crippen molar-refractivity contribution >= 4 is 43.7 Å². The number of nitriles is 1. The average molecular weight is 557 g/mol. The lowest BCUT2D eigenvalue weighted by atomic mass is 9.88. The molecule has 0 aliphatic carbocycles. The monoisotopic (exact) mass is 556 g/mol. The molecule has 7 rings (SSSR count). The van der Waals surface area contributed by atoms with Crippen LogP contribution >= 0.6 is 0 Å². The number of rotatable bonds is 3. The topological polar surface area (TPSA) is 45.7 Å². The van der Waals surface area contributed by atoms with Crippen molar-refractivity contribution in [3.05, 3.63) is 108 Å². The molecule has 0 amide bonds. The molecule has 3 heterocycles. The number of benzene rings is 4. The quantitative estimate of drug-likeness (QED) is 0.204. The molecule has 4 nitrogen and oxygen atoms in total. The summed E-state index contributed by atoms with van der Waals surface area (Å²) in [6, 6.07) is 23.9. The molecule has 0 N–H and O–H groups in total. The van der Waals surface area contributed by atoms with Gasteiger partial charge in [-0.25, -0.2) is 8.96 Å². The van der Waals surface area contributed by atoms with Crippen LogP contribution in [-0.4, -0.2) is 4.57 Å². The van der Waals surface area contributed by atoms with E-state index in [0.29, 0.717) is 27.8 Å². The molecule has 0 spiro atoms. The zero-order valence-corrected chi connectivity index (χ0v) is 24.1. The van der Waals surface area contributed by atoms with Crippen molar-refractivity contribution in [3.63, 3.8) is 0 Å². The smallest absolute Gasteiger partial charge is 0.216 e. The second kappa shape index (κ2) is 9.29. The highest BCUT2D eigenvalue weighted by Crippen LogP contribution is 2.43. The molecule has 0 aliphatic heterocycles. The van der Waals surface area contributed by atoms with Crippen LogP contribution in [0.15, 0.2) is 89.4 Å². The Balaban J connectivity index is 1.66. The van der Waals surface area contributed by atoms with Crippen LogP contribution in [0.5, 0.6) is 0 Å². The van der Waals surface area contributed by atoms with Gasteiger partial charge >= 0.3 is 0 Å². The maximum absolute atomic E-state index is 16.3. The van der Waals surface area contributed by atoms with Gasteiger partial charge < -0.3 is 8.98 Å². The third-order valence-corrected chi connectivity index (χ3v) is 7.73. The summed E-state index contributed by atoms with van der Waals surface area (Å²) in [4.78, 5) is 0. The Morgan fingerprint density at radius 2 is 1.64 bits per heavy atom. The lowest BCUT2D eigenvalue weighted by Crippen LogP contribution is -2.31. The summed E-state index contributed by atoms with van der Waals surface area (Å²) < 4.78 is 61.9. The van der Waals surface area contributed by atoms with Crippen molar-refractivity contribution in [2.45, 2.75) is 34.1 Å². The first kappa shape index (κ1) is 21.8. The third-order valence-electron chi connectivity index (χ3n) is 7.73. The maximum Gasteiger partial charge on any atom is 0.216 e. The summed E-state index contributed by atoms with van der Waals surface area (Å²) in [6.45, 7) is 7.34. The van der Waals surface area contributed by atoms with Crippen molar-refractivity contribution in [1.82, 2.24) is 4.57 Å². The van der Waals surface area contributed by atoms with Crippen LogP contribution in [0.3, 0.4) is 0 Å². The van der Waals surface area contributed by atoms with E-state index in [0.717, 1.165) is 27.4 Å². The van der Waals surface area contributed by atoms with Gasteiger partial charge in [-0.3, -0.25) is 0 Å². The number of fused-ring (bicyclic) bond motifs is 6. The molecule has 0 saturated heterocycles. The van der Waals surface area contributed by atoms with Crippen LogP contribution in [-0.2, 0) is 13.4 Å². The molecule has 0 unspecified atom stereocenters. The first-order valence-electron chi connectivity index (χ1n) is 15.9. The van der Waals surface area contributed by atoms with E-state index in [-0.39, 0.29) is 28.4 Å². The molecule has 0 aliphatic rings. The molecule has 0 radical (unpaired) electrons. The van der Waals surface area contributed by atoms with Crippen LogP contribution in [0.2, 0.25) is 0 Å². The number of halogens is 1. The Kier molecular flexibility index (Phi) is 4.81. The van der Waals surface area contributed by atoms with Gasteiger partial charge in [0.1, 0.15) is 31.6 Å². The van der Waals surface area contributed by atoms with E-state index in [9.17, 15) is 5.26 Å². The molecule has 0 atom stereocenters. The Hall–Kier alpha value is -4.95. The van der Waals surface area contributed by atoms with Gasteiger partial charge in [0.05, 0.1) is 28.9 Å². The largest absolute Gasteiger partial charge is 0.453 e. The number of para-hydroxylation sites is 2. The fraction of sp³-hybridized carbons (Fsp3) is 0.189. The number of furan rings is 1. The highest BCUT2D eigenvalue weighted by atomic mass is 19.1. The maximum atomic E-state index is 16.3. The molecule has 5 heteroatoms. The number of hydrogen-bond donors (Lipinski definition) is 0. The molecular formula is C37H31FN3O+. The van der Waals surface area contributed by atoms with Crippen molar-refractivity contribution in [3.8, 4) is 23.0 Å². The average Bonchev–Trinajstić information content (AvgIpc) is 3.56. The molecule has 0 fully saturated rings. The van der Waals surface area contributed by atoms with Crippen LogP contribution < -0.4 is 4.57 Å². The van der Waals surface area contributed by atoms with Crippen molar-refractivity contribution in [1.29, 1.82) is 5.26 Å². The molecule has 206 valence electrons. The fourth-order valence-electron chi connectivity index (χ4n) is 6.03. The highest BCUT2D eigenvalue weighted by molar-refractivity contribution is 6.15. The zero-order valence-electron chi connectivity index (χ0n) is 28.1. The van der Waals surface area contributed by atoms with Crippen molar-refractivity contribution < 1.29 is 18.9 Å². The fourth-order valence-corrected chi connectivity index (χ4v) is 6.03. The van der Waals surface area contributed by atoms with Crippen molar-refractivity contribution in [2.24, 2.45) is 12.5 Å². The summed E-state index contributed by atoms with van der Waals surface area (Å²) in [7, 11) is 1.73. The van der Waals surface area contributed by atoms with E-state index < -0.39 is 23.6 Å². The summed E-state index contributed by atoms with van der Waals surface area (Å²) in [5.74, 6) is -0.854. The second-order valence-corrected chi connectivity index (χ2v) is 11.8. The van der Waals surface area contributed by atoms with Crippen LogP contribution in [0.4, 0.5) is 4.39 Å². The van der Waals surface area contributed by atoms with Gasteiger partial charge in [-0.15, -0.1) is 0 Å². The van der Waals surface area contributed by atoms with Crippen LogP contribution in [0.25, 0.3) is 60.7 Å². The lowest BCUT2D eigenvalue weighted by molar-refractivity contribution is -0.660. The number of nitrogens with zero attached hydrogens (tertiary/aromatic N) is 3. The van der Waals surface area contributed by atoms with Gasteiger partial charge in [0, 0.05) is 31.0 Å². The standard InChI is InChI=1S/C37H31FN3O/c1-22-14-15-27-33-28(38)19-24(21-39)34(41-29-12-8-6-10-25(29)26-11-7-9-13-30(26)41)36(33)42-35(27)32(22)31-18-23(16-17-40(31)5)20-37(2,3)4/h6-19H,20H2,1-5H3/q+1/i17D,19D,20D2. The predicted molar refractivity (Wildman–Crippen MR) is 167 cm³/mol. The van der Waals surface area contributed by atoms with Gasteiger partial charge in [-0.2, -0.15) is 5.26 Å². The number of hydrogen-bond acceptors (Lipinski definition) is 2. The van der Waals surface area contributed by atoms with E-state index in [2.05, 4.69) is 6.07 Å². The molecule has 7 aromatic rings. The Bertz CT molecular complexity index is 2410. The molecule has 4 aromatic carbocycles. The number of aryl methyl sites for hydroxylation is 1. The first-order valence-corrected chi connectivity index (χ1v) is 13.9. The Labute approximate surface area is 249 Å². The molecule has 3 aromatic heterocycles. The van der Waals surface area contributed by atoms with Gasteiger partial charge in [0.2, 0.25) is 5.69 Å². The molecule has 0 bridgehead atoms. The Morgan fingerprint density at radius 3 is 2.29 bits per heavy atom. The van der Waals surface area contributed by atoms with E-state index in [1.165, 1.54) is 6.07 Å². The van der Waals surface area contributed by atoms with Crippen molar-refractivity contribution in [2.75, 3.05) is 0 Å². The summed E-state index contributed by atoms with van der Waals surface area (Å²) in [5, 5.41) is 12.8. The van der Waals surface area contributed by atoms with Gasteiger partial charge in [0.25, 0.3) is 0 Å². The minimum absolute atomic E-state index is 0.0899. The second-order valence-electron chi connectivity index (χ2n) is 11.8. The summed E-state index contributed by atoms with van der Waals surface area (Å²) >= 11 is 0. The molecular weight excluding hydrogens is 521 g/mol. The van der Waals surface area contributed by atoms with E-state index in [1.807, 2.05) is 86.9 Å². The van der Waals surface area contributed by atoms with E-state index >= 15 is 4.39 Å². The Morgan fingerprint density at radius 1 is 0.976 bits per heavy atom. The normalized spacial score (nSPS) is 13.8. The minimum atomic E-state index is -1.76. The van der Waals surface area contributed by atoms with Crippen LogP contribution in [0.1, 0.15) is 42.9 Å². The van der Waals surface area contributed by atoms with Gasteiger partial charge in [-0.1, -0.05) is 69.3 Å². The SMILES string of the molecule is [2H]c1c(C#N)c(-n2c3ccccc3c3ccccc32)c2oc3c(-c4cc(C([2H])([2H])C(C)(C)C)cc([2H])[n+]4C)c(C)ccc3c2c1F. The lowest BCUT2D eigenvalue weighted by Gasteiger charge is -2.18. The van der Waals surface area contributed by atoms with Gasteiger partial charge in [-0.05, 0) is 48.0 Å². The highest BCUT2D eigenvalue weighted by Gasteiger charge is 2.27. The number of pyridine rings is 1. The van der Waals surface area contributed by atoms with Crippen LogP contribution in [0, 0.1) is 29.5 Å². The first-order chi connectivity index (χ1) is 21.8. The molecule has 0 saturated carbocycles. The summed E-state index contributed by atoms with van der Waals surface area (Å²) in [6.07, 6.45) is -1.66. The van der Waals surface area contributed by atoms with E-state index in [1.54, 1.807) is 23.7 Å². The predicted octanol–water partition coefficient (Wildman–Crippen LogP) is 9.08. The minimum Gasteiger partial charge on any atom is -0.453 e. The molecule has 42 heavy (non-hydrogen) atoms. The third kappa shape index (κ3) is 3.90.